The highest BCUT2D eigenvalue weighted by atomic mass is 35.5. The Morgan fingerprint density at radius 1 is 1.26 bits per heavy atom. The zero-order valence-electron chi connectivity index (χ0n) is 18.5. The minimum absolute atomic E-state index is 0.0269. The summed E-state index contributed by atoms with van der Waals surface area (Å²) in [6.45, 7) is 3.88. The quantitative estimate of drug-likeness (QED) is 0.537. The summed E-state index contributed by atoms with van der Waals surface area (Å²) in [6, 6.07) is 8.43. The van der Waals surface area contributed by atoms with E-state index < -0.39 is 0 Å². The Morgan fingerprint density at radius 2 is 2.03 bits per heavy atom. The summed E-state index contributed by atoms with van der Waals surface area (Å²) in [5.41, 5.74) is 1.22. The molecule has 7 heteroatoms. The second-order valence-corrected chi connectivity index (χ2v) is 9.66. The summed E-state index contributed by atoms with van der Waals surface area (Å²) >= 11 is 6.30. The van der Waals surface area contributed by atoms with Gasteiger partial charge in [-0.1, -0.05) is 36.6 Å². The third kappa shape index (κ3) is 5.35. The number of aliphatic imine (C=N–C) groups is 1. The van der Waals surface area contributed by atoms with Gasteiger partial charge in [0, 0.05) is 62.3 Å². The van der Waals surface area contributed by atoms with Crippen LogP contribution in [0.15, 0.2) is 29.3 Å². The molecular formula is C24H35ClN4O2. The van der Waals surface area contributed by atoms with Crippen LogP contribution < -0.4 is 10.6 Å². The Hall–Kier alpha value is -1.79. The van der Waals surface area contributed by atoms with Gasteiger partial charge in [0.25, 0.3) is 0 Å². The van der Waals surface area contributed by atoms with Gasteiger partial charge in [0.15, 0.2) is 5.96 Å². The van der Waals surface area contributed by atoms with Gasteiger partial charge in [-0.3, -0.25) is 9.79 Å². The first-order chi connectivity index (χ1) is 15.1. The van der Waals surface area contributed by atoms with Gasteiger partial charge in [-0.2, -0.15) is 0 Å². The first kappa shape index (κ1) is 22.4. The molecular weight excluding hydrogens is 412 g/mol. The molecule has 2 aliphatic heterocycles. The average molecular weight is 447 g/mol. The number of hydrogen-bond acceptors (Lipinski definition) is 3. The molecule has 1 unspecified atom stereocenters. The van der Waals surface area contributed by atoms with Crippen LogP contribution in [0.4, 0.5) is 0 Å². The summed E-state index contributed by atoms with van der Waals surface area (Å²) in [5.74, 6) is 1.40. The minimum Gasteiger partial charge on any atom is -0.381 e. The van der Waals surface area contributed by atoms with Crippen LogP contribution in [0.3, 0.4) is 0 Å². The molecule has 170 valence electrons. The molecule has 4 rings (SSSR count). The number of carbonyl (C=O) groups excluding carboxylic acids is 1. The highest BCUT2D eigenvalue weighted by Gasteiger charge is 2.36. The van der Waals surface area contributed by atoms with Crippen molar-refractivity contribution in [3.8, 4) is 0 Å². The van der Waals surface area contributed by atoms with E-state index in [0.717, 1.165) is 75.9 Å². The molecule has 1 aromatic rings. The zero-order valence-corrected chi connectivity index (χ0v) is 19.3. The molecule has 1 saturated carbocycles. The van der Waals surface area contributed by atoms with Crippen LogP contribution in [-0.4, -0.2) is 62.7 Å². The molecule has 3 aliphatic rings. The molecule has 1 amide bonds. The number of guanidine groups is 1. The fourth-order valence-electron chi connectivity index (χ4n) is 5.30. The van der Waals surface area contributed by atoms with Gasteiger partial charge in [-0.25, -0.2) is 0 Å². The lowest BCUT2D eigenvalue weighted by Gasteiger charge is -2.38. The Balaban J connectivity index is 1.34. The lowest BCUT2D eigenvalue weighted by molar-refractivity contribution is -0.134. The van der Waals surface area contributed by atoms with Crippen molar-refractivity contribution in [2.45, 2.75) is 56.4 Å². The van der Waals surface area contributed by atoms with Crippen LogP contribution in [0.25, 0.3) is 0 Å². The number of benzene rings is 1. The molecule has 0 bridgehead atoms. The summed E-state index contributed by atoms with van der Waals surface area (Å²) in [6.07, 6.45) is 7.38. The van der Waals surface area contributed by atoms with Crippen molar-refractivity contribution in [3.05, 3.63) is 34.9 Å². The van der Waals surface area contributed by atoms with Gasteiger partial charge < -0.3 is 20.3 Å². The molecule has 3 fully saturated rings. The number of rotatable bonds is 5. The number of ether oxygens (including phenoxy) is 1. The maximum absolute atomic E-state index is 12.7. The number of nitrogens with zero attached hydrogens (tertiary/aromatic N) is 2. The number of nitrogens with one attached hydrogen (secondary N) is 2. The van der Waals surface area contributed by atoms with Gasteiger partial charge in [-0.05, 0) is 49.8 Å². The third-order valence-electron chi connectivity index (χ3n) is 7.25. The van der Waals surface area contributed by atoms with Gasteiger partial charge in [0.1, 0.15) is 0 Å². The predicted octanol–water partition coefficient (Wildman–Crippen LogP) is 3.34. The van der Waals surface area contributed by atoms with Gasteiger partial charge in [-0.15, -0.1) is 0 Å². The minimum atomic E-state index is -0.0269. The fraction of sp³-hybridized carbons (Fsp3) is 0.667. The van der Waals surface area contributed by atoms with Gasteiger partial charge >= 0.3 is 0 Å². The zero-order chi connectivity index (χ0) is 21.7. The van der Waals surface area contributed by atoms with Crippen LogP contribution in [0.2, 0.25) is 5.02 Å². The van der Waals surface area contributed by atoms with Crippen molar-refractivity contribution in [1.29, 1.82) is 0 Å². The first-order valence-corrected chi connectivity index (χ1v) is 12.1. The average Bonchev–Trinajstić information content (AvgIpc) is 3.49. The summed E-state index contributed by atoms with van der Waals surface area (Å²) in [7, 11) is 1.81. The Bertz CT molecular complexity index is 788. The molecule has 2 heterocycles. The molecule has 1 aromatic carbocycles. The molecule has 0 radical (unpaired) electrons. The van der Waals surface area contributed by atoms with E-state index in [4.69, 9.17) is 16.3 Å². The molecule has 2 N–H and O–H groups in total. The lowest BCUT2D eigenvalue weighted by Crippen LogP contribution is -2.50. The van der Waals surface area contributed by atoms with Crippen molar-refractivity contribution in [3.63, 3.8) is 0 Å². The molecule has 31 heavy (non-hydrogen) atoms. The van der Waals surface area contributed by atoms with Crippen molar-refractivity contribution in [2.24, 2.45) is 10.9 Å². The monoisotopic (exact) mass is 446 g/mol. The normalized spacial score (nSPS) is 24.4. The maximum Gasteiger partial charge on any atom is 0.225 e. The van der Waals surface area contributed by atoms with Crippen molar-refractivity contribution < 1.29 is 9.53 Å². The van der Waals surface area contributed by atoms with Crippen molar-refractivity contribution in [1.82, 2.24) is 15.5 Å². The number of halogens is 1. The van der Waals surface area contributed by atoms with E-state index in [-0.39, 0.29) is 17.4 Å². The predicted molar refractivity (Wildman–Crippen MR) is 125 cm³/mol. The SMILES string of the molecule is CN=C(NCC1(c2cccc(Cl)c2)CCOCC1)NC1CCN(C(=O)C2CCCC2)C1. The summed E-state index contributed by atoms with van der Waals surface area (Å²) < 4.78 is 5.65. The number of amides is 1. The number of likely N-dealkylation sites (tertiary alicyclic amines) is 1. The second-order valence-electron chi connectivity index (χ2n) is 9.22. The Labute approximate surface area is 190 Å². The number of hydrogen-bond donors (Lipinski definition) is 2. The summed E-state index contributed by atoms with van der Waals surface area (Å²) in [5, 5.41) is 7.88. The molecule has 6 nitrogen and oxygen atoms in total. The fourth-order valence-corrected chi connectivity index (χ4v) is 5.49. The molecule has 1 atom stereocenters. The Kier molecular flexibility index (Phi) is 7.39. The maximum atomic E-state index is 12.7. The first-order valence-electron chi connectivity index (χ1n) is 11.7. The van der Waals surface area contributed by atoms with Crippen LogP contribution in [-0.2, 0) is 14.9 Å². The van der Waals surface area contributed by atoms with E-state index in [1.54, 1.807) is 0 Å². The van der Waals surface area contributed by atoms with E-state index >= 15 is 0 Å². The van der Waals surface area contributed by atoms with E-state index in [1.807, 2.05) is 24.1 Å². The van der Waals surface area contributed by atoms with Crippen molar-refractivity contribution >= 4 is 23.5 Å². The van der Waals surface area contributed by atoms with E-state index in [9.17, 15) is 4.79 Å². The van der Waals surface area contributed by atoms with Crippen molar-refractivity contribution in [2.75, 3.05) is 39.9 Å². The molecule has 1 aliphatic carbocycles. The standard InChI is InChI=1S/C24H35ClN4O2/c1-26-23(28-21-9-12-29(16-21)22(30)18-5-2-3-6-18)27-17-24(10-13-31-14-11-24)19-7-4-8-20(25)15-19/h4,7-8,15,18,21H,2-3,5-6,9-14,16-17H2,1H3,(H2,26,27,28). The topological polar surface area (TPSA) is 66.0 Å². The molecule has 0 aromatic heterocycles. The third-order valence-corrected chi connectivity index (χ3v) is 7.49. The van der Waals surface area contributed by atoms with Gasteiger partial charge in [0.05, 0.1) is 0 Å². The van der Waals surface area contributed by atoms with Gasteiger partial charge in [0.2, 0.25) is 5.91 Å². The highest BCUT2D eigenvalue weighted by molar-refractivity contribution is 6.30. The molecule has 0 spiro atoms. The van der Waals surface area contributed by atoms with E-state index in [2.05, 4.69) is 27.8 Å². The highest BCUT2D eigenvalue weighted by Crippen LogP contribution is 2.35. The Morgan fingerprint density at radius 3 is 2.74 bits per heavy atom. The lowest BCUT2D eigenvalue weighted by atomic mass is 9.74. The number of carbonyl (C=O) groups is 1. The van der Waals surface area contributed by atoms with Crippen LogP contribution in [0, 0.1) is 5.92 Å². The van der Waals surface area contributed by atoms with E-state index in [0.29, 0.717) is 5.91 Å². The van der Waals surface area contributed by atoms with Crippen LogP contribution >= 0.6 is 11.6 Å². The van der Waals surface area contributed by atoms with Crippen LogP contribution in [0.1, 0.15) is 50.5 Å². The molecule has 2 saturated heterocycles. The summed E-state index contributed by atoms with van der Waals surface area (Å²) in [4.78, 5) is 19.2. The second kappa shape index (κ2) is 10.2. The largest absolute Gasteiger partial charge is 0.381 e. The van der Waals surface area contributed by atoms with Crippen LogP contribution in [0.5, 0.6) is 0 Å². The smallest absolute Gasteiger partial charge is 0.225 e. The van der Waals surface area contributed by atoms with E-state index in [1.165, 1.54) is 18.4 Å².